The van der Waals surface area contributed by atoms with Crippen LogP contribution in [0.25, 0.3) is 0 Å². The quantitative estimate of drug-likeness (QED) is 0.720. The number of fused-ring (bicyclic) bond motifs is 2. The Morgan fingerprint density at radius 3 is 1.96 bits per heavy atom. The summed E-state index contributed by atoms with van der Waals surface area (Å²) in [5, 5.41) is 10.1. The molecule has 0 amide bonds. The third-order valence-corrected chi connectivity index (χ3v) is 6.11. The summed E-state index contributed by atoms with van der Waals surface area (Å²) in [6.45, 7) is 16.3. The molecule has 0 radical (unpaired) electrons. The smallest absolute Gasteiger partial charge is 0.269 e. The highest BCUT2D eigenvalue weighted by atomic mass is 16.8. The van der Waals surface area contributed by atoms with E-state index in [1.807, 2.05) is 20.8 Å². The van der Waals surface area contributed by atoms with E-state index in [2.05, 4.69) is 34.6 Å². The molecule has 0 aromatic rings. The second-order valence-corrected chi connectivity index (χ2v) is 9.58. The molecule has 2 bridgehead atoms. The summed E-state index contributed by atoms with van der Waals surface area (Å²) in [6, 6.07) is 0. The molecule has 2 aliphatic rings. The van der Waals surface area contributed by atoms with E-state index < -0.39 is 12.1 Å². The molecule has 0 saturated heterocycles. The van der Waals surface area contributed by atoms with Gasteiger partial charge in [0.25, 0.3) is 6.48 Å². The van der Waals surface area contributed by atoms with Crippen LogP contribution in [0.15, 0.2) is 0 Å². The fourth-order valence-corrected chi connectivity index (χ4v) is 5.58. The van der Waals surface area contributed by atoms with E-state index in [1.165, 1.54) is 12.8 Å². The zero-order chi connectivity index (χ0) is 17.5. The number of hydrogen-bond acceptors (Lipinski definition) is 3. The summed E-state index contributed by atoms with van der Waals surface area (Å²) in [4.78, 5) is 0. The normalized spacial score (nSPS) is 36.9. The van der Waals surface area contributed by atoms with E-state index in [0.29, 0.717) is 5.92 Å². The van der Waals surface area contributed by atoms with Crippen molar-refractivity contribution in [2.75, 3.05) is 0 Å². The van der Waals surface area contributed by atoms with Crippen molar-refractivity contribution in [1.29, 1.82) is 0 Å². The van der Waals surface area contributed by atoms with Crippen molar-refractivity contribution in [2.24, 2.45) is 41.4 Å². The zero-order valence-corrected chi connectivity index (χ0v) is 16.4. The predicted octanol–water partition coefficient (Wildman–Crippen LogP) is 4.68. The van der Waals surface area contributed by atoms with E-state index in [9.17, 15) is 5.11 Å². The lowest BCUT2D eigenvalue weighted by Crippen LogP contribution is -2.41. The first kappa shape index (κ1) is 19.2. The molecule has 7 atom stereocenters. The van der Waals surface area contributed by atoms with Crippen LogP contribution in [0, 0.1) is 41.4 Å². The van der Waals surface area contributed by atoms with Crippen molar-refractivity contribution >= 4 is 0 Å². The summed E-state index contributed by atoms with van der Waals surface area (Å²) in [7, 11) is 0. The Morgan fingerprint density at radius 1 is 0.913 bits per heavy atom. The van der Waals surface area contributed by atoms with Gasteiger partial charge in [-0.05, 0) is 82.0 Å². The highest BCUT2D eigenvalue weighted by Gasteiger charge is 2.55. The summed E-state index contributed by atoms with van der Waals surface area (Å²) in [5.41, 5.74) is -0.392. The molecule has 7 unspecified atom stereocenters. The third-order valence-electron chi connectivity index (χ3n) is 6.11. The van der Waals surface area contributed by atoms with E-state index in [4.69, 9.17) is 9.47 Å². The van der Waals surface area contributed by atoms with Crippen LogP contribution in [0.3, 0.4) is 0 Å². The van der Waals surface area contributed by atoms with E-state index in [1.54, 1.807) is 0 Å². The SMILES string of the molecule is CC(C)C1C2CC(C(C)OC(O)OC(C)(C)C)C(C2)C1C(C)C. The van der Waals surface area contributed by atoms with Gasteiger partial charge in [-0.3, -0.25) is 0 Å². The first-order valence-corrected chi connectivity index (χ1v) is 9.52. The van der Waals surface area contributed by atoms with Gasteiger partial charge in [-0.25, -0.2) is 0 Å². The Bertz CT molecular complexity index is 385. The van der Waals surface area contributed by atoms with E-state index >= 15 is 0 Å². The van der Waals surface area contributed by atoms with Crippen molar-refractivity contribution in [1.82, 2.24) is 0 Å². The Labute approximate surface area is 143 Å². The second-order valence-electron chi connectivity index (χ2n) is 9.58. The maximum atomic E-state index is 10.1. The largest absolute Gasteiger partial charge is 0.346 e. The molecule has 2 fully saturated rings. The molecule has 136 valence electrons. The molecule has 0 spiro atoms. The van der Waals surface area contributed by atoms with Crippen LogP contribution >= 0.6 is 0 Å². The van der Waals surface area contributed by atoms with Crippen LogP contribution in [-0.2, 0) is 9.47 Å². The van der Waals surface area contributed by atoms with Gasteiger partial charge < -0.3 is 14.6 Å². The topological polar surface area (TPSA) is 38.7 Å². The minimum absolute atomic E-state index is 0.0525. The predicted molar refractivity (Wildman–Crippen MR) is 93.8 cm³/mol. The van der Waals surface area contributed by atoms with Crippen molar-refractivity contribution in [3.63, 3.8) is 0 Å². The lowest BCUT2D eigenvalue weighted by molar-refractivity contribution is -0.318. The molecule has 3 heteroatoms. The van der Waals surface area contributed by atoms with Crippen LogP contribution in [0.2, 0.25) is 0 Å². The van der Waals surface area contributed by atoms with Gasteiger partial charge in [0.15, 0.2) is 0 Å². The third kappa shape index (κ3) is 4.29. The number of aliphatic hydroxyl groups is 1. The minimum atomic E-state index is -1.12. The van der Waals surface area contributed by atoms with Crippen LogP contribution in [-0.4, -0.2) is 23.3 Å². The highest BCUT2D eigenvalue weighted by molar-refractivity contribution is 5.03. The summed E-state index contributed by atoms with van der Waals surface area (Å²) in [5.74, 6) is 5.28. The van der Waals surface area contributed by atoms with Gasteiger partial charge in [-0.15, -0.1) is 0 Å². The number of ether oxygens (including phenoxy) is 2. The molecule has 2 rings (SSSR count). The van der Waals surface area contributed by atoms with Gasteiger partial charge in [0, 0.05) is 0 Å². The van der Waals surface area contributed by atoms with Crippen molar-refractivity contribution in [2.45, 2.75) is 86.4 Å². The van der Waals surface area contributed by atoms with Gasteiger partial charge in [0.2, 0.25) is 0 Å². The number of rotatable bonds is 6. The summed E-state index contributed by atoms with van der Waals surface area (Å²) in [6.07, 6.45) is 2.65. The maximum Gasteiger partial charge on any atom is 0.269 e. The Morgan fingerprint density at radius 2 is 1.48 bits per heavy atom. The molecule has 3 nitrogen and oxygen atoms in total. The van der Waals surface area contributed by atoms with Gasteiger partial charge in [-0.2, -0.15) is 0 Å². The average Bonchev–Trinajstić information content (AvgIpc) is 2.92. The molecule has 2 saturated carbocycles. The maximum absolute atomic E-state index is 10.1. The second kappa shape index (κ2) is 7.01. The van der Waals surface area contributed by atoms with Crippen molar-refractivity contribution in [3.05, 3.63) is 0 Å². The fourth-order valence-electron chi connectivity index (χ4n) is 5.58. The lowest BCUT2D eigenvalue weighted by atomic mass is 9.65. The fraction of sp³-hybridized carbons (Fsp3) is 1.00. The summed E-state index contributed by atoms with van der Waals surface area (Å²) >= 11 is 0. The lowest BCUT2D eigenvalue weighted by Gasteiger charge is -2.42. The standard InChI is InChI=1S/C20H38O3/c1-11(2)17-14-9-15(16(10-14)18(17)12(3)4)13(5)22-19(21)23-20(6,7)8/h11-19,21H,9-10H2,1-8H3. The van der Waals surface area contributed by atoms with Gasteiger partial charge in [-0.1, -0.05) is 27.7 Å². The minimum Gasteiger partial charge on any atom is -0.346 e. The Kier molecular flexibility index (Phi) is 5.86. The van der Waals surface area contributed by atoms with E-state index in [0.717, 1.165) is 35.5 Å². The molecular formula is C20H38O3. The molecule has 1 N–H and O–H groups in total. The Balaban J connectivity index is 2.00. The van der Waals surface area contributed by atoms with Crippen LogP contribution < -0.4 is 0 Å². The monoisotopic (exact) mass is 326 g/mol. The number of hydrogen-bond donors (Lipinski definition) is 1. The molecular weight excluding hydrogens is 288 g/mol. The van der Waals surface area contributed by atoms with Crippen molar-refractivity contribution < 1.29 is 14.6 Å². The molecule has 0 aromatic heterocycles. The van der Waals surface area contributed by atoms with Crippen LogP contribution in [0.5, 0.6) is 0 Å². The molecule has 0 aromatic carbocycles. The highest BCUT2D eigenvalue weighted by Crippen LogP contribution is 2.60. The molecule has 0 aliphatic heterocycles. The van der Waals surface area contributed by atoms with Gasteiger partial charge >= 0.3 is 0 Å². The van der Waals surface area contributed by atoms with E-state index in [-0.39, 0.29) is 6.10 Å². The Hall–Kier alpha value is -0.120. The first-order valence-electron chi connectivity index (χ1n) is 9.52. The van der Waals surface area contributed by atoms with Crippen LogP contribution in [0.4, 0.5) is 0 Å². The van der Waals surface area contributed by atoms with Crippen molar-refractivity contribution in [3.8, 4) is 0 Å². The van der Waals surface area contributed by atoms with Crippen LogP contribution in [0.1, 0.15) is 68.2 Å². The molecule has 0 heterocycles. The average molecular weight is 327 g/mol. The van der Waals surface area contributed by atoms with Gasteiger partial charge in [0.05, 0.1) is 11.7 Å². The summed E-state index contributed by atoms with van der Waals surface area (Å²) < 4.78 is 11.3. The van der Waals surface area contributed by atoms with Gasteiger partial charge in [0.1, 0.15) is 0 Å². The first-order chi connectivity index (χ1) is 10.5. The molecule has 2 aliphatic carbocycles. The number of aliphatic hydroxyl groups excluding tert-OH is 1. The molecule has 23 heavy (non-hydrogen) atoms. The zero-order valence-electron chi connectivity index (χ0n) is 16.4.